The van der Waals surface area contributed by atoms with Crippen molar-refractivity contribution in [2.24, 2.45) is 0 Å². The van der Waals surface area contributed by atoms with Crippen LogP contribution in [0.25, 0.3) is 0 Å². The molecule has 0 saturated carbocycles. The van der Waals surface area contributed by atoms with Gasteiger partial charge in [-0.25, -0.2) is 0 Å². The zero-order valence-electron chi connectivity index (χ0n) is 11.3. The van der Waals surface area contributed by atoms with Crippen molar-refractivity contribution in [3.8, 4) is 0 Å². The van der Waals surface area contributed by atoms with E-state index < -0.39 is 0 Å². The van der Waals surface area contributed by atoms with Gasteiger partial charge in [-0.2, -0.15) is 5.10 Å². The maximum Gasteiger partial charge on any atom is 0.0641 e. The third kappa shape index (κ3) is 2.99. The Bertz CT molecular complexity index is 476. The molecule has 0 aliphatic carbocycles. The fraction of sp³-hybridized carbons (Fsp3) is 0.400. The molecule has 1 N–H and O–H groups in total. The van der Waals surface area contributed by atoms with Crippen molar-refractivity contribution in [2.45, 2.75) is 39.4 Å². The third-order valence-corrected chi connectivity index (χ3v) is 3.54. The van der Waals surface area contributed by atoms with Crippen molar-refractivity contribution >= 4 is 0 Å². The Hall–Kier alpha value is -1.61. The van der Waals surface area contributed by atoms with Crippen LogP contribution in [0.15, 0.2) is 42.7 Å². The number of aromatic nitrogens is 2. The van der Waals surface area contributed by atoms with Crippen LogP contribution in [0.1, 0.15) is 31.0 Å². The fourth-order valence-corrected chi connectivity index (χ4v) is 2.00. The lowest BCUT2D eigenvalue weighted by Crippen LogP contribution is -2.33. The number of rotatable bonds is 5. The van der Waals surface area contributed by atoms with Gasteiger partial charge >= 0.3 is 0 Å². The van der Waals surface area contributed by atoms with Crippen LogP contribution in [0, 0.1) is 6.92 Å². The molecule has 2 aromatic rings. The lowest BCUT2D eigenvalue weighted by atomic mass is 10.1. The monoisotopic (exact) mass is 243 g/mol. The van der Waals surface area contributed by atoms with Crippen LogP contribution < -0.4 is 5.32 Å². The summed E-state index contributed by atoms with van der Waals surface area (Å²) in [6.45, 7) is 7.44. The zero-order valence-corrected chi connectivity index (χ0v) is 11.3. The minimum Gasteiger partial charge on any atom is -0.308 e. The number of nitrogens with one attached hydrogen (secondary N) is 1. The second kappa shape index (κ2) is 5.83. The van der Waals surface area contributed by atoms with Gasteiger partial charge in [0.05, 0.1) is 6.04 Å². The van der Waals surface area contributed by atoms with Crippen LogP contribution >= 0.6 is 0 Å². The highest BCUT2D eigenvalue weighted by atomic mass is 15.3. The Morgan fingerprint density at radius 3 is 2.67 bits per heavy atom. The van der Waals surface area contributed by atoms with Gasteiger partial charge in [-0.05, 0) is 38.0 Å². The van der Waals surface area contributed by atoms with Gasteiger partial charge in [-0.1, -0.05) is 24.3 Å². The van der Waals surface area contributed by atoms with Crippen LogP contribution in [-0.2, 0) is 6.54 Å². The van der Waals surface area contributed by atoms with Gasteiger partial charge < -0.3 is 5.32 Å². The Morgan fingerprint density at radius 2 is 2.00 bits per heavy atom. The van der Waals surface area contributed by atoms with Gasteiger partial charge in [0.15, 0.2) is 0 Å². The summed E-state index contributed by atoms with van der Waals surface area (Å²) in [6.07, 6.45) is 3.83. The standard InChI is InChI=1S/C15H21N3/c1-12-7-4-5-8-15(12)11-16-13(2)14(3)18-10-6-9-17-18/h4-10,13-14,16H,11H2,1-3H3/t13-,14-/m1/s1. The molecule has 2 rings (SSSR count). The summed E-state index contributed by atoms with van der Waals surface area (Å²) in [5, 5.41) is 7.85. The van der Waals surface area contributed by atoms with Crippen LogP contribution in [-0.4, -0.2) is 15.8 Å². The molecule has 0 fully saturated rings. The smallest absolute Gasteiger partial charge is 0.0641 e. The van der Waals surface area contributed by atoms with E-state index in [4.69, 9.17) is 0 Å². The van der Waals surface area contributed by atoms with Gasteiger partial charge in [0, 0.05) is 25.0 Å². The molecule has 0 unspecified atom stereocenters. The molecule has 1 heterocycles. The maximum absolute atomic E-state index is 4.29. The first-order valence-electron chi connectivity index (χ1n) is 6.45. The quantitative estimate of drug-likeness (QED) is 0.875. The fourth-order valence-electron chi connectivity index (χ4n) is 2.00. The molecule has 0 amide bonds. The van der Waals surface area contributed by atoms with Gasteiger partial charge in [-0.15, -0.1) is 0 Å². The minimum atomic E-state index is 0.351. The van der Waals surface area contributed by atoms with Crippen LogP contribution in [0.4, 0.5) is 0 Å². The van der Waals surface area contributed by atoms with Crippen molar-refractivity contribution in [1.82, 2.24) is 15.1 Å². The topological polar surface area (TPSA) is 29.9 Å². The molecule has 3 heteroatoms. The molecular formula is C15H21N3. The van der Waals surface area contributed by atoms with Crippen molar-refractivity contribution < 1.29 is 0 Å². The molecule has 0 aliphatic heterocycles. The summed E-state index contributed by atoms with van der Waals surface area (Å²) >= 11 is 0. The van der Waals surface area contributed by atoms with E-state index in [-0.39, 0.29) is 0 Å². The van der Waals surface area contributed by atoms with Crippen LogP contribution in [0.3, 0.4) is 0 Å². The first kappa shape index (κ1) is 12.8. The number of benzene rings is 1. The molecule has 3 nitrogen and oxygen atoms in total. The third-order valence-electron chi connectivity index (χ3n) is 3.54. The highest BCUT2D eigenvalue weighted by molar-refractivity contribution is 5.25. The molecule has 0 spiro atoms. The molecule has 0 saturated heterocycles. The van der Waals surface area contributed by atoms with Crippen molar-refractivity contribution in [2.75, 3.05) is 0 Å². The van der Waals surface area contributed by atoms with E-state index in [2.05, 4.69) is 55.5 Å². The molecule has 96 valence electrons. The predicted octanol–water partition coefficient (Wildman–Crippen LogP) is 2.93. The van der Waals surface area contributed by atoms with Crippen LogP contribution in [0.2, 0.25) is 0 Å². The second-order valence-corrected chi connectivity index (χ2v) is 4.82. The molecule has 1 aromatic carbocycles. The summed E-state index contributed by atoms with van der Waals surface area (Å²) in [4.78, 5) is 0. The summed E-state index contributed by atoms with van der Waals surface area (Å²) in [6, 6.07) is 11.2. The molecule has 2 atom stereocenters. The van der Waals surface area contributed by atoms with Gasteiger partial charge in [0.2, 0.25) is 0 Å². The minimum absolute atomic E-state index is 0.351. The SMILES string of the molecule is Cc1ccccc1CN[C@H](C)[C@@H](C)n1cccn1. The van der Waals surface area contributed by atoms with Gasteiger partial charge in [-0.3, -0.25) is 4.68 Å². The number of nitrogens with zero attached hydrogens (tertiary/aromatic N) is 2. The highest BCUT2D eigenvalue weighted by Crippen LogP contribution is 2.11. The zero-order chi connectivity index (χ0) is 13.0. The number of aryl methyl sites for hydroxylation is 1. The molecule has 0 radical (unpaired) electrons. The van der Waals surface area contributed by atoms with Gasteiger partial charge in [0.1, 0.15) is 0 Å². The van der Waals surface area contributed by atoms with E-state index in [9.17, 15) is 0 Å². The Morgan fingerprint density at radius 1 is 1.22 bits per heavy atom. The largest absolute Gasteiger partial charge is 0.308 e. The molecular weight excluding hydrogens is 222 g/mol. The molecule has 0 bridgehead atoms. The molecule has 0 aliphatic rings. The predicted molar refractivity (Wildman–Crippen MR) is 74.4 cm³/mol. The average Bonchev–Trinajstić information content (AvgIpc) is 2.90. The van der Waals surface area contributed by atoms with Gasteiger partial charge in [0.25, 0.3) is 0 Å². The van der Waals surface area contributed by atoms with E-state index in [0.717, 1.165) is 6.54 Å². The lowest BCUT2D eigenvalue weighted by Gasteiger charge is -2.22. The summed E-state index contributed by atoms with van der Waals surface area (Å²) in [5.41, 5.74) is 2.70. The van der Waals surface area contributed by atoms with Crippen molar-refractivity contribution in [1.29, 1.82) is 0 Å². The Kier molecular flexibility index (Phi) is 4.15. The Balaban J connectivity index is 1.92. The number of hydrogen-bond acceptors (Lipinski definition) is 2. The second-order valence-electron chi connectivity index (χ2n) is 4.82. The summed E-state index contributed by atoms with van der Waals surface area (Å²) in [5.74, 6) is 0. The van der Waals surface area contributed by atoms with E-state index in [0.29, 0.717) is 12.1 Å². The number of hydrogen-bond donors (Lipinski definition) is 1. The molecule has 1 aromatic heterocycles. The highest BCUT2D eigenvalue weighted by Gasteiger charge is 2.13. The van der Waals surface area contributed by atoms with E-state index in [1.165, 1.54) is 11.1 Å². The van der Waals surface area contributed by atoms with Crippen molar-refractivity contribution in [3.63, 3.8) is 0 Å². The first-order valence-corrected chi connectivity index (χ1v) is 6.45. The van der Waals surface area contributed by atoms with Crippen LogP contribution in [0.5, 0.6) is 0 Å². The average molecular weight is 243 g/mol. The first-order chi connectivity index (χ1) is 8.68. The van der Waals surface area contributed by atoms with E-state index >= 15 is 0 Å². The maximum atomic E-state index is 4.29. The lowest BCUT2D eigenvalue weighted by molar-refractivity contribution is 0.365. The summed E-state index contributed by atoms with van der Waals surface area (Å²) < 4.78 is 2.00. The Labute approximate surface area is 109 Å². The summed E-state index contributed by atoms with van der Waals surface area (Å²) in [7, 11) is 0. The van der Waals surface area contributed by atoms with E-state index in [1.807, 2.05) is 23.1 Å². The van der Waals surface area contributed by atoms with Crippen molar-refractivity contribution in [3.05, 3.63) is 53.9 Å². The normalized spacial score (nSPS) is 14.4. The van der Waals surface area contributed by atoms with E-state index in [1.54, 1.807) is 0 Å². The molecule has 18 heavy (non-hydrogen) atoms.